The van der Waals surface area contributed by atoms with Crippen molar-refractivity contribution in [2.45, 2.75) is 5.66 Å². The minimum atomic E-state index is -0.663. The molecule has 0 saturated heterocycles. The molecule has 6 nitrogen and oxygen atoms in total. The molecule has 5 aromatic carbocycles. The van der Waals surface area contributed by atoms with Crippen LogP contribution in [0, 0.1) is 0 Å². The summed E-state index contributed by atoms with van der Waals surface area (Å²) in [5.41, 5.74) is 12.8. The maximum Gasteiger partial charge on any atom is 0.316 e. The van der Waals surface area contributed by atoms with Gasteiger partial charge in [0, 0.05) is 35.5 Å². The molecule has 0 N–H and O–H groups in total. The Balaban J connectivity index is 1.45. The molecule has 0 aliphatic carbocycles. The molecule has 1 unspecified atom stereocenters. The van der Waals surface area contributed by atoms with Gasteiger partial charge in [0.15, 0.2) is 27.6 Å². The fourth-order valence-corrected chi connectivity index (χ4v) is 9.56. The number of aromatic nitrogens is 5. The average Bonchev–Trinajstić information content (AvgIpc) is 3.85. The predicted octanol–water partition coefficient (Wildman–Crippen LogP) is 7.05. The third kappa shape index (κ3) is 1.78. The molecule has 0 amide bonds. The van der Waals surface area contributed by atoms with Crippen LogP contribution in [0.4, 0.5) is 0 Å². The highest BCUT2D eigenvalue weighted by Gasteiger charge is 2.67. The van der Waals surface area contributed by atoms with E-state index in [1.807, 2.05) is 0 Å². The van der Waals surface area contributed by atoms with Crippen molar-refractivity contribution >= 4 is 76.8 Å². The minimum Gasteiger partial charge on any atom is -0.456 e. The van der Waals surface area contributed by atoms with Crippen LogP contribution in [0.2, 0.25) is 0 Å². The number of rotatable bonds is 0. The van der Waals surface area contributed by atoms with Gasteiger partial charge in [-0.25, -0.2) is 0 Å². The van der Waals surface area contributed by atoms with Crippen molar-refractivity contribution in [3.05, 3.63) is 120 Å². The number of imidazole rings is 2. The predicted molar refractivity (Wildman–Crippen MR) is 171 cm³/mol. The molecule has 3 aliphatic rings. The monoisotopic (exact) mass is 563 g/mol. The first kappa shape index (κ1) is 20.9. The molecule has 1 spiro atoms. The van der Waals surface area contributed by atoms with Crippen LogP contribution in [-0.2, 0) is 12.7 Å². The van der Waals surface area contributed by atoms with Crippen LogP contribution in [-0.4, -0.2) is 13.4 Å². The van der Waals surface area contributed by atoms with E-state index in [-0.39, 0.29) is 0 Å². The topological polar surface area (TPSA) is 30.7 Å². The maximum absolute atomic E-state index is 6.95. The lowest BCUT2D eigenvalue weighted by atomic mass is 9.85. The van der Waals surface area contributed by atoms with Crippen LogP contribution < -0.4 is 13.9 Å². The van der Waals surface area contributed by atoms with Crippen LogP contribution >= 0.6 is 0 Å². The molecule has 8 heterocycles. The summed E-state index contributed by atoms with van der Waals surface area (Å²) < 4.78 is 19.5. The van der Waals surface area contributed by atoms with E-state index in [2.05, 4.69) is 139 Å². The molecule has 0 bridgehead atoms. The Labute approximate surface area is 248 Å². The summed E-state index contributed by atoms with van der Waals surface area (Å²) >= 11 is 0. The van der Waals surface area contributed by atoms with Crippen molar-refractivity contribution in [1.29, 1.82) is 0 Å². The number of para-hydroxylation sites is 5. The van der Waals surface area contributed by atoms with Gasteiger partial charge in [0.2, 0.25) is 0 Å². The van der Waals surface area contributed by atoms with E-state index in [9.17, 15) is 0 Å². The van der Waals surface area contributed by atoms with E-state index in [4.69, 9.17) is 4.74 Å². The lowest BCUT2D eigenvalue weighted by molar-refractivity contribution is -0.923. The van der Waals surface area contributed by atoms with Crippen molar-refractivity contribution in [2.75, 3.05) is 0 Å². The van der Waals surface area contributed by atoms with Crippen LogP contribution in [0.1, 0.15) is 11.1 Å². The van der Waals surface area contributed by atoms with Gasteiger partial charge in [-0.1, -0.05) is 42.5 Å². The van der Waals surface area contributed by atoms with Crippen molar-refractivity contribution in [3.8, 4) is 11.5 Å². The summed E-state index contributed by atoms with van der Waals surface area (Å²) in [7, 11) is 2.16. The fourth-order valence-electron chi connectivity index (χ4n) is 9.56. The summed E-state index contributed by atoms with van der Waals surface area (Å²) in [4.78, 5) is 0. The molecule has 6 heteroatoms. The summed E-state index contributed by atoms with van der Waals surface area (Å²) in [6.45, 7) is 0. The van der Waals surface area contributed by atoms with Crippen molar-refractivity contribution < 1.29 is 13.9 Å². The van der Waals surface area contributed by atoms with Gasteiger partial charge in [0.1, 0.15) is 28.1 Å². The molecule has 1 atom stereocenters. The smallest absolute Gasteiger partial charge is 0.316 e. The van der Waals surface area contributed by atoms with E-state index in [1.165, 1.54) is 88.0 Å². The molecule has 0 saturated carbocycles. The Morgan fingerprint density at radius 1 is 0.545 bits per heavy atom. The Hall–Kier alpha value is -5.88. The summed E-state index contributed by atoms with van der Waals surface area (Å²) in [5, 5.41) is 6.32. The maximum atomic E-state index is 6.95. The third-order valence-electron chi connectivity index (χ3n) is 10.9. The van der Waals surface area contributed by atoms with Gasteiger partial charge in [0.25, 0.3) is 0 Å². The van der Waals surface area contributed by atoms with Gasteiger partial charge < -0.3 is 9.30 Å². The van der Waals surface area contributed by atoms with Crippen LogP contribution in [0.3, 0.4) is 0 Å². The second-order valence-electron chi connectivity index (χ2n) is 12.6. The van der Waals surface area contributed by atoms with E-state index >= 15 is 0 Å². The van der Waals surface area contributed by atoms with Gasteiger partial charge in [-0.3, -0.25) is 0 Å². The van der Waals surface area contributed by atoms with Crippen molar-refractivity contribution in [2.24, 2.45) is 7.05 Å². The van der Waals surface area contributed by atoms with Gasteiger partial charge in [-0.15, -0.1) is 0 Å². The van der Waals surface area contributed by atoms with Crippen LogP contribution in [0.25, 0.3) is 76.8 Å². The number of ether oxygens (including phenoxy) is 1. The van der Waals surface area contributed by atoms with E-state index < -0.39 is 5.66 Å². The number of benzene rings is 5. The average molecular weight is 564 g/mol. The summed E-state index contributed by atoms with van der Waals surface area (Å²) in [5.74, 6) is 1.86. The highest BCUT2D eigenvalue weighted by atomic mass is 16.5. The number of hydrogen-bond acceptors (Lipinski definition) is 1. The Bertz CT molecular complexity index is 3100. The number of pyridine rings is 2. The highest BCUT2D eigenvalue weighted by molar-refractivity contribution is 6.19. The fraction of sp³-hybridized carbons (Fsp3) is 0.0526. The molecule has 44 heavy (non-hydrogen) atoms. The van der Waals surface area contributed by atoms with Crippen molar-refractivity contribution in [3.63, 3.8) is 0 Å². The number of fused-ring (bicyclic) bond motifs is 12. The van der Waals surface area contributed by atoms with Crippen molar-refractivity contribution in [1.82, 2.24) is 13.4 Å². The molecule has 3 aliphatic heterocycles. The summed E-state index contributed by atoms with van der Waals surface area (Å²) in [6, 6.07) is 37.9. The van der Waals surface area contributed by atoms with E-state index in [0.717, 1.165) is 11.5 Å². The zero-order valence-corrected chi connectivity index (χ0v) is 23.5. The molecular formula is C38H21N5O+2. The first-order valence-corrected chi connectivity index (χ1v) is 15.2. The standard InChI is InChI=1S/C38H21N5O/c1-39-19-18-28-35(39)22-15-17-30-34-32(22)37-41(28)25-11-5-7-13-27(25)43(37)38(34)33-29(44-30)16-14-21-20-8-2-3-9-23(20)40-24-10-4-6-12-26(24)42(38)36(40)31(21)33/h2-19H,1H3/q+2. The van der Waals surface area contributed by atoms with Gasteiger partial charge in [-0.05, 0) is 54.6 Å². The summed E-state index contributed by atoms with van der Waals surface area (Å²) in [6.07, 6.45) is 2.19. The largest absolute Gasteiger partial charge is 0.456 e. The SMILES string of the molecule is Cn1ccc2c1c1ccc3c4c1c1n2c2ccccc2[n+]1C41c2c(ccc4c5ccccc5n5c6ccccc6[n+]1c5c24)O3. The first-order chi connectivity index (χ1) is 21.8. The normalized spacial score (nSPS) is 17.5. The number of aryl methyl sites for hydroxylation is 1. The second-order valence-corrected chi connectivity index (χ2v) is 12.6. The Morgan fingerprint density at radius 3 is 1.82 bits per heavy atom. The zero-order valence-electron chi connectivity index (χ0n) is 23.5. The van der Waals surface area contributed by atoms with Crippen LogP contribution in [0.15, 0.2) is 109 Å². The highest BCUT2D eigenvalue weighted by Crippen LogP contribution is 2.58. The molecule has 10 aromatic rings. The first-order valence-electron chi connectivity index (χ1n) is 15.2. The Kier molecular flexibility index (Phi) is 2.96. The van der Waals surface area contributed by atoms with Gasteiger partial charge in [0.05, 0.1) is 16.3 Å². The quantitative estimate of drug-likeness (QED) is 0.144. The molecule has 5 aromatic heterocycles. The zero-order chi connectivity index (χ0) is 28.2. The van der Waals surface area contributed by atoms with Gasteiger partial charge in [-0.2, -0.15) is 17.9 Å². The lowest BCUT2D eigenvalue weighted by Gasteiger charge is -2.31. The number of nitrogens with zero attached hydrogens (tertiary/aromatic N) is 5. The lowest BCUT2D eigenvalue weighted by Crippen LogP contribution is -2.71. The second kappa shape index (κ2) is 6.24. The Morgan fingerprint density at radius 2 is 1.11 bits per heavy atom. The number of hydrogen-bond donors (Lipinski definition) is 0. The van der Waals surface area contributed by atoms with Gasteiger partial charge >= 0.3 is 17.0 Å². The van der Waals surface area contributed by atoms with Crippen LogP contribution in [0.5, 0.6) is 11.5 Å². The molecular weight excluding hydrogens is 542 g/mol. The minimum absolute atomic E-state index is 0.663. The molecule has 0 fully saturated rings. The van der Waals surface area contributed by atoms with E-state index in [1.54, 1.807) is 0 Å². The third-order valence-corrected chi connectivity index (χ3v) is 10.9. The van der Waals surface area contributed by atoms with E-state index in [0.29, 0.717) is 0 Å². The molecule has 13 rings (SSSR count). The molecule has 0 radical (unpaired) electrons. The molecule has 202 valence electrons.